The monoisotopic (exact) mass is 159 g/mol. The molecule has 0 saturated carbocycles. The standard InChI is InChI=1S/C12H15/c1-5-6-12-10(3)7-9(2)8-11(12)4/h5,7-8H,1-4H3. The molecule has 0 atom stereocenters. The van der Waals surface area contributed by atoms with Crippen LogP contribution in [0.25, 0.3) is 0 Å². The molecule has 0 unspecified atom stereocenters. The molecule has 1 aromatic rings. The third-order valence-corrected chi connectivity index (χ3v) is 1.97. The largest absolute Gasteiger partial charge is 0.0792 e. The Kier molecular flexibility index (Phi) is 2.69. The van der Waals surface area contributed by atoms with Gasteiger partial charge in [0.05, 0.1) is 0 Å². The Hall–Kier alpha value is -1.04. The molecule has 0 aliphatic carbocycles. The van der Waals surface area contributed by atoms with Gasteiger partial charge in [-0.2, -0.15) is 0 Å². The third-order valence-electron chi connectivity index (χ3n) is 1.97. The molecule has 12 heavy (non-hydrogen) atoms. The zero-order valence-corrected chi connectivity index (χ0v) is 8.23. The Balaban J connectivity index is 3.28. The molecular weight excluding hydrogens is 144 g/mol. The fourth-order valence-corrected chi connectivity index (χ4v) is 1.55. The highest BCUT2D eigenvalue weighted by Crippen LogP contribution is 2.15. The lowest BCUT2D eigenvalue weighted by Gasteiger charge is -2.05. The predicted octanol–water partition coefficient (Wildman–Crippen LogP) is 3.34. The Bertz CT molecular complexity index is 283. The summed E-state index contributed by atoms with van der Waals surface area (Å²) in [6.07, 6.45) is 5.21. The number of hydrogen-bond donors (Lipinski definition) is 0. The van der Waals surface area contributed by atoms with E-state index in [4.69, 9.17) is 0 Å². The lowest BCUT2D eigenvalue weighted by molar-refractivity contribution is 1.27. The number of hydrogen-bond acceptors (Lipinski definition) is 0. The quantitative estimate of drug-likeness (QED) is 0.589. The first-order valence-electron chi connectivity index (χ1n) is 4.27. The fraction of sp³-hybridized carbons (Fsp3) is 0.333. The minimum absolute atomic E-state index is 1.24. The van der Waals surface area contributed by atoms with Crippen molar-refractivity contribution in [2.75, 3.05) is 0 Å². The van der Waals surface area contributed by atoms with Crippen molar-refractivity contribution in [3.8, 4) is 0 Å². The van der Waals surface area contributed by atoms with E-state index in [1.54, 1.807) is 0 Å². The van der Waals surface area contributed by atoms with E-state index in [0.29, 0.717) is 0 Å². The Morgan fingerprint density at radius 1 is 1.08 bits per heavy atom. The van der Waals surface area contributed by atoms with Gasteiger partial charge in [-0.25, -0.2) is 0 Å². The normalized spacial score (nSPS) is 11.0. The summed E-state index contributed by atoms with van der Waals surface area (Å²) in [5, 5.41) is 0. The van der Waals surface area contributed by atoms with Gasteiger partial charge < -0.3 is 0 Å². The summed E-state index contributed by atoms with van der Waals surface area (Å²) < 4.78 is 0. The second-order valence-corrected chi connectivity index (χ2v) is 3.21. The molecule has 0 nitrogen and oxygen atoms in total. The van der Waals surface area contributed by atoms with Gasteiger partial charge in [-0.05, 0) is 50.5 Å². The van der Waals surface area contributed by atoms with Crippen LogP contribution in [-0.2, 0) is 0 Å². The molecule has 0 amide bonds. The lowest BCUT2D eigenvalue weighted by atomic mass is 10.00. The van der Waals surface area contributed by atoms with Crippen molar-refractivity contribution in [2.45, 2.75) is 27.7 Å². The molecule has 0 aliphatic rings. The molecule has 0 bridgehead atoms. The molecule has 0 aromatic heterocycles. The van der Waals surface area contributed by atoms with Crippen LogP contribution in [0.2, 0.25) is 0 Å². The maximum atomic E-state index is 3.25. The van der Waals surface area contributed by atoms with E-state index in [-0.39, 0.29) is 0 Å². The highest BCUT2D eigenvalue weighted by atomic mass is 14.0. The molecule has 0 fully saturated rings. The second kappa shape index (κ2) is 3.57. The van der Waals surface area contributed by atoms with Crippen molar-refractivity contribution in [1.82, 2.24) is 0 Å². The molecule has 0 heteroatoms. The molecule has 0 saturated heterocycles. The van der Waals surface area contributed by atoms with E-state index < -0.39 is 0 Å². The average molecular weight is 159 g/mol. The molecule has 1 radical (unpaired) electrons. The molecule has 0 N–H and O–H groups in total. The molecule has 0 spiro atoms. The van der Waals surface area contributed by atoms with Crippen LogP contribution in [0.4, 0.5) is 0 Å². The molecule has 0 heterocycles. The van der Waals surface area contributed by atoms with Crippen LogP contribution in [0.5, 0.6) is 0 Å². The van der Waals surface area contributed by atoms with Crippen LogP contribution in [0.3, 0.4) is 0 Å². The highest BCUT2D eigenvalue weighted by Gasteiger charge is 1.99. The van der Waals surface area contributed by atoms with Crippen LogP contribution < -0.4 is 0 Å². The Morgan fingerprint density at radius 2 is 1.58 bits per heavy atom. The van der Waals surface area contributed by atoms with Gasteiger partial charge in [0.15, 0.2) is 0 Å². The fourth-order valence-electron chi connectivity index (χ4n) is 1.55. The van der Waals surface area contributed by atoms with Crippen LogP contribution >= 0.6 is 0 Å². The Morgan fingerprint density at radius 3 is 2.00 bits per heavy atom. The zero-order valence-electron chi connectivity index (χ0n) is 8.23. The number of allylic oxidation sites excluding steroid dienone is 1. The van der Waals surface area contributed by atoms with E-state index in [1.165, 1.54) is 22.3 Å². The van der Waals surface area contributed by atoms with Gasteiger partial charge in [0.1, 0.15) is 0 Å². The van der Waals surface area contributed by atoms with Crippen LogP contribution in [0.15, 0.2) is 18.2 Å². The first-order valence-corrected chi connectivity index (χ1v) is 4.27. The smallest absolute Gasteiger partial charge is 0.0122 e. The zero-order chi connectivity index (χ0) is 9.14. The van der Waals surface area contributed by atoms with E-state index in [9.17, 15) is 0 Å². The summed E-state index contributed by atoms with van der Waals surface area (Å²) in [7, 11) is 0. The lowest BCUT2D eigenvalue weighted by Crippen LogP contribution is -1.89. The highest BCUT2D eigenvalue weighted by molar-refractivity contribution is 5.41. The summed E-state index contributed by atoms with van der Waals surface area (Å²) >= 11 is 0. The van der Waals surface area contributed by atoms with Gasteiger partial charge >= 0.3 is 0 Å². The van der Waals surface area contributed by atoms with Crippen LogP contribution in [0.1, 0.15) is 29.2 Å². The van der Waals surface area contributed by atoms with Crippen molar-refractivity contribution in [2.24, 2.45) is 0 Å². The summed E-state index contributed by atoms with van der Waals surface area (Å²) in [4.78, 5) is 0. The van der Waals surface area contributed by atoms with Gasteiger partial charge in [0, 0.05) is 0 Å². The average Bonchev–Trinajstić information content (AvgIpc) is 1.96. The predicted molar refractivity (Wildman–Crippen MR) is 53.2 cm³/mol. The molecule has 1 rings (SSSR count). The third kappa shape index (κ3) is 1.76. The van der Waals surface area contributed by atoms with E-state index in [0.717, 1.165) is 0 Å². The van der Waals surface area contributed by atoms with Crippen molar-refractivity contribution in [3.63, 3.8) is 0 Å². The van der Waals surface area contributed by atoms with Crippen molar-refractivity contribution in [1.29, 1.82) is 0 Å². The maximum Gasteiger partial charge on any atom is -0.0122 e. The SMILES string of the molecule is C/C=[C]/c1c(C)cc(C)cc1C. The number of rotatable bonds is 1. The molecule has 0 aliphatic heterocycles. The first-order chi connectivity index (χ1) is 5.65. The van der Waals surface area contributed by atoms with E-state index >= 15 is 0 Å². The summed E-state index contributed by atoms with van der Waals surface area (Å²) in [6, 6.07) is 4.39. The van der Waals surface area contributed by atoms with Gasteiger partial charge in [-0.15, -0.1) is 0 Å². The Labute approximate surface area is 74.9 Å². The number of benzene rings is 1. The summed E-state index contributed by atoms with van der Waals surface area (Å²) in [5.74, 6) is 0. The van der Waals surface area contributed by atoms with Gasteiger partial charge in [-0.1, -0.05) is 23.8 Å². The minimum Gasteiger partial charge on any atom is -0.0792 e. The second-order valence-electron chi connectivity index (χ2n) is 3.21. The maximum absolute atomic E-state index is 3.25. The summed E-state index contributed by atoms with van der Waals surface area (Å²) in [5.41, 5.74) is 5.19. The van der Waals surface area contributed by atoms with Crippen molar-refractivity contribution < 1.29 is 0 Å². The van der Waals surface area contributed by atoms with Crippen LogP contribution in [-0.4, -0.2) is 0 Å². The van der Waals surface area contributed by atoms with Crippen molar-refractivity contribution in [3.05, 3.63) is 46.5 Å². The van der Waals surface area contributed by atoms with Crippen molar-refractivity contribution >= 4 is 0 Å². The van der Waals surface area contributed by atoms with Gasteiger partial charge in [0.25, 0.3) is 0 Å². The summed E-state index contributed by atoms with van der Waals surface area (Å²) in [6.45, 7) is 8.38. The minimum atomic E-state index is 1.24. The molecule has 63 valence electrons. The van der Waals surface area contributed by atoms with E-state index in [2.05, 4.69) is 39.0 Å². The van der Waals surface area contributed by atoms with Gasteiger partial charge in [0.2, 0.25) is 0 Å². The molecule has 1 aromatic carbocycles. The molecular formula is C12H15. The first kappa shape index (κ1) is 9.05. The van der Waals surface area contributed by atoms with Gasteiger partial charge in [-0.3, -0.25) is 0 Å². The number of aryl methyl sites for hydroxylation is 3. The topological polar surface area (TPSA) is 0 Å². The van der Waals surface area contributed by atoms with E-state index in [1.807, 2.05) is 13.0 Å². The van der Waals surface area contributed by atoms with Crippen LogP contribution in [0, 0.1) is 26.8 Å².